The molecule has 0 saturated carbocycles. The highest BCUT2D eigenvalue weighted by Crippen LogP contribution is 2.04. The molecule has 0 saturated heterocycles. The number of benzene rings is 1. The Hall–Kier alpha value is -2.70. The molecule has 1 aromatic carbocycles. The Bertz CT molecular complexity index is 576. The number of aromatic nitrogens is 2. The van der Waals surface area contributed by atoms with Crippen LogP contribution in [0.5, 0.6) is 0 Å². The van der Waals surface area contributed by atoms with Gasteiger partial charge in [0.1, 0.15) is 0 Å². The van der Waals surface area contributed by atoms with Gasteiger partial charge in [-0.25, -0.2) is 10.1 Å². The summed E-state index contributed by atoms with van der Waals surface area (Å²) in [6.07, 6.45) is 0. The summed E-state index contributed by atoms with van der Waals surface area (Å²) in [7, 11) is 0. The van der Waals surface area contributed by atoms with Gasteiger partial charge in [-0.2, -0.15) is 5.10 Å². The number of carbonyl (C=O) groups excluding carboxylic acids is 1. The quantitative estimate of drug-likeness (QED) is 0.614. The summed E-state index contributed by atoms with van der Waals surface area (Å²) in [5.74, 6) is -0.635. The van der Waals surface area contributed by atoms with Crippen molar-refractivity contribution in [2.45, 2.75) is 6.92 Å². The lowest BCUT2D eigenvalue weighted by atomic mass is 10.1. The molecule has 7 heteroatoms. The predicted octanol–water partition coefficient (Wildman–Crippen LogP) is 0.806. The number of carbonyl (C=O) groups is 1. The van der Waals surface area contributed by atoms with Gasteiger partial charge in [-0.15, -0.1) is 0 Å². The average Bonchev–Trinajstić information content (AvgIpc) is 2.83. The Balaban J connectivity index is 2.08. The highest BCUT2D eigenvalue weighted by molar-refractivity contribution is 6.01. The molecule has 2 rings (SSSR count). The van der Waals surface area contributed by atoms with Crippen molar-refractivity contribution >= 4 is 17.4 Å². The molecule has 0 bridgehead atoms. The van der Waals surface area contributed by atoms with E-state index < -0.39 is 5.91 Å². The first-order chi connectivity index (χ1) is 8.68. The predicted molar refractivity (Wildman–Crippen MR) is 64.8 cm³/mol. The summed E-state index contributed by atoms with van der Waals surface area (Å²) in [5, 5.41) is 10.6. The van der Waals surface area contributed by atoms with E-state index in [1.165, 1.54) is 0 Å². The molecule has 0 fully saturated rings. The largest absolute Gasteiger partial charge is 0.379 e. The number of amides is 1. The van der Waals surface area contributed by atoms with Crippen LogP contribution in [0.25, 0.3) is 0 Å². The summed E-state index contributed by atoms with van der Waals surface area (Å²) < 4.78 is 4.32. The van der Waals surface area contributed by atoms with E-state index >= 15 is 0 Å². The SMILES string of the molecule is C/C(=N\NC(=O)c1nonc1N)c1ccccc1. The van der Waals surface area contributed by atoms with E-state index in [-0.39, 0.29) is 11.5 Å². The minimum absolute atomic E-state index is 0.0694. The van der Waals surface area contributed by atoms with E-state index in [1.54, 1.807) is 6.92 Å². The second kappa shape index (κ2) is 5.09. The number of nitrogens with two attached hydrogens (primary N) is 1. The first kappa shape index (κ1) is 11.8. The molecule has 1 amide bonds. The number of hydrogen-bond acceptors (Lipinski definition) is 6. The van der Waals surface area contributed by atoms with Gasteiger partial charge in [0.25, 0.3) is 5.91 Å². The van der Waals surface area contributed by atoms with Crippen molar-refractivity contribution in [2.75, 3.05) is 5.73 Å². The Kier molecular flexibility index (Phi) is 3.33. The van der Waals surface area contributed by atoms with Crippen molar-refractivity contribution in [3.05, 3.63) is 41.6 Å². The zero-order valence-electron chi connectivity index (χ0n) is 9.62. The van der Waals surface area contributed by atoms with Gasteiger partial charge in [-0.1, -0.05) is 30.3 Å². The zero-order chi connectivity index (χ0) is 13.0. The molecule has 0 aliphatic rings. The fourth-order valence-corrected chi connectivity index (χ4v) is 1.28. The number of rotatable bonds is 3. The molecule has 0 atom stereocenters. The Labute approximate surface area is 103 Å². The second-order valence-corrected chi connectivity index (χ2v) is 3.50. The first-order valence-electron chi connectivity index (χ1n) is 5.16. The van der Waals surface area contributed by atoms with Crippen LogP contribution in [0.15, 0.2) is 40.1 Å². The van der Waals surface area contributed by atoms with Crippen LogP contribution >= 0.6 is 0 Å². The smallest absolute Gasteiger partial charge is 0.297 e. The van der Waals surface area contributed by atoms with Crippen LogP contribution in [0.2, 0.25) is 0 Å². The number of nitrogen functional groups attached to an aromatic ring is 1. The zero-order valence-corrected chi connectivity index (χ0v) is 9.62. The van der Waals surface area contributed by atoms with E-state index in [0.717, 1.165) is 5.56 Å². The third kappa shape index (κ3) is 2.51. The number of nitrogens with zero attached hydrogens (tertiary/aromatic N) is 3. The van der Waals surface area contributed by atoms with Crippen LogP contribution in [0, 0.1) is 0 Å². The van der Waals surface area contributed by atoms with E-state index in [0.29, 0.717) is 5.71 Å². The van der Waals surface area contributed by atoms with Crippen LogP contribution in [0.3, 0.4) is 0 Å². The monoisotopic (exact) mass is 245 g/mol. The standard InChI is InChI=1S/C11H11N5O2/c1-7(8-5-3-2-4-6-8)13-14-11(17)9-10(12)16-18-15-9/h2-6H,1H3,(H2,12,16)(H,14,17)/b13-7+. The van der Waals surface area contributed by atoms with E-state index in [1.807, 2.05) is 30.3 Å². The summed E-state index contributed by atoms with van der Waals surface area (Å²) in [4.78, 5) is 11.6. The Morgan fingerprint density at radius 1 is 1.33 bits per heavy atom. The molecule has 7 nitrogen and oxygen atoms in total. The molecule has 3 N–H and O–H groups in total. The summed E-state index contributed by atoms with van der Waals surface area (Å²) >= 11 is 0. The maximum absolute atomic E-state index is 11.6. The van der Waals surface area contributed by atoms with Crippen molar-refractivity contribution in [1.82, 2.24) is 15.7 Å². The molecular weight excluding hydrogens is 234 g/mol. The number of nitrogens with one attached hydrogen (secondary N) is 1. The highest BCUT2D eigenvalue weighted by atomic mass is 16.6. The number of anilines is 1. The van der Waals surface area contributed by atoms with Gasteiger partial charge < -0.3 is 5.73 Å². The maximum atomic E-state index is 11.6. The summed E-state index contributed by atoms with van der Waals surface area (Å²) in [6.45, 7) is 1.78. The topological polar surface area (TPSA) is 106 Å². The van der Waals surface area contributed by atoms with Gasteiger partial charge in [0.2, 0.25) is 11.5 Å². The molecule has 0 radical (unpaired) electrons. The van der Waals surface area contributed by atoms with E-state index in [2.05, 4.69) is 25.5 Å². The lowest BCUT2D eigenvalue weighted by Crippen LogP contribution is -2.20. The molecule has 18 heavy (non-hydrogen) atoms. The molecule has 0 unspecified atom stereocenters. The Morgan fingerprint density at radius 3 is 2.67 bits per heavy atom. The Morgan fingerprint density at radius 2 is 2.06 bits per heavy atom. The molecule has 0 spiro atoms. The lowest BCUT2D eigenvalue weighted by molar-refractivity contribution is 0.0945. The van der Waals surface area contributed by atoms with Crippen molar-refractivity contribution in [3.63, 3.8) is 0 Å². The van der Waals surface area contributed by atoms with Gasteiger partial charge >= 0.3 is 0 Å². The molecule has 92 valence electrons. The highest BCUT2D eigenvalue weighted by Gasteiger charge is 2.15. The van der Waals surface area contributed by atoms with E-state index in [9.17, 15) is 4.79 Å². The molecule has 1 aromatic heterocycles. The molecule has 0 aliphatic carbocycles. The van der Waals surface area contributed by atoms with Gasteiger partial charge in [0.05, 0.1) is 5.71 Å². The average molecular weight is 245 g/mol. The van der Waals surface area contributed by atoms with E-state index in [4.69, 9.17) is 5.73 Å². The molecular formula is C11H11N5O2. The maximum Gasteiger partial charge on any atom is 0.297 e. The molecule has 0 aliphatic heterocycles. The van der Waals surface area contributed by atoms with Gasteiger partial charge in [0, 0.05) is 0 Å². The fraction of sp³-hybridized carbons (Fsp3) is 0.0909. The normalized spacial score (nSPS) is 11.3. The minimum atomic E-state index is -0.566. The van der Waals surface area contributed by atoms with Gasteiger partial charge in [0.15, 0.2) is 0 Å². The summed E-state index contributed by atoms with van der Waals surface area (Å²) in [6, 6.07) is 9.44. The van der Waals surface area contributed by atoms with Crippen molar-refractivity contribution in [3.8, 4) is 0 Å². The fourth-order valence-electron chi connectivity index (χ4n) is 1.28. The summed E-state index contributed by atoms with van der Waals surface area (Å²) in [5.41, 5.74) is 9.20. The van der Waals surface area contributed by atoms with Crippen LogP contribution in [-0.4, -0.2) is 21.9 Å². The van der Waals surface area contributed by atoms with Crippen LogP contribution in [-0.2, 0) is 0 Å². The number of hydrazone groups is 1. The lowest BCUT2D eigenvalue weighted by Gasteiger charge is -2.00. The number of hydrogen-bond donors (Lipinski definition) is 2. The third-order valence-electron chi connectivity index (χ3n) is 2.25. The third-order valence-corrected chi connectivity index (χ3v) is 2.25. The molecule has 2 aromatic rings. The van der Waals surface area contributed by atoms with Crippen molar-refractivity contribution in [2.24, 2.45) is 5.10 Å². The van der Waals surface area contributed by atoms with Crippen LogP contribution < -0.4 is 11.2 Å². The molecule has 1 heterocycles. The van der Waals surface area contributed by atoms with Gasteiger partial charge in [-0.3, -0.25) is 4.79 Å². The van der Waals surface area contributed by atoms with Crippen molar-refractivity contribution < 1.29 is 9.42 Å². The van der Waals surface area contributed by atoms with Gasteiger partial charge in [-0.05, 0) is 22.8 Å². The van der Waals surface area contributed by atoms with Crippen LogP contribution in [0.1, 0.15) is 23.0 Å². The van der Waals surface area contributed by atoms with Crippen molar-refractivity contribution in [1.29, 1.82) is 0 Å². The first-order valence-corrected chi connectivity index (χ1v) is 5.16. The second-order valence-electron chi connectivity index (χ2n) is 3.50. The minimum Gasteiger partial charge on any atom is -0.379 e. The van der Waals surface area contributed by atoms with Crippen LogP contribution in [0.4, 0.5) is 5.82 Å².